The molecule has 2 saturated heterocycles. The summed E-state index contributed by atoms with van der Waals surface area (Å²) in [4.78, 5) is 30.4. The Morgan fingerprint density at radius 1 is 1.08 bits per heavy atom. The molecule has 0 radical (unpaired) electrons. The Bertz CT molecular complexity index is 1230. The molecule has 2 aliphatic heterocycles. The van der Waals surface area contributed by atoms with Gasteiger partial charge in [0.1, 0.15) is 5.82 Å². The molecule has 3 atom stereocenters. The Morgan fingerprint density at radius 2 is 1.82 bits per heavy atom. The average Bonchev–Trinajstić information content (AvgIpc) is 3.47. The van der Waals surface area contributed by atoms with Gasteiger partial charge in [-0.2, -0.15) is 13.2 Å². The number of carbonyl (C=O) groups is 2. The lowest BCUT2D eigenvalue weighted by molar-refractivity contribution is -0.140. The second kappa shape index (κ2) is 12.0. The molecule has 6 nitrogen and oxygen atoms in total. The molecule has 0 bridgehead atoms. The fraction of sp³-hybridized carbons (Fsp3) is 0.481. The number of alkyl halides is 3. The lowest BCUT2D eigenvalue weighted by atomic mass is 9.93. The molecule has 2 fully saturated rings. The molecule has 1 N–H and O–H groups in total. The fourth-order valence-corrected chi connectivity index (χ4v) is 5.78. The van der Waals surface area contributed by atoms with Crippen LogP contribution in [0.2, 0.25) is 10.0 Å². The van der Waals surface area contributed by atoms with E-state index in [4.69, 9.17) is 23.2 Å². The van der Waals surface area contributed by atoms with Crippen LogP contribution in [0.1, 0.15) is 36.0 Å². The van der Waals surface area contributed by atoms with Crippen molar-refractivity contribution in [1.29, 1.82) is 0 Å². The van der Waals surface area contributed by atoms with Crippen molar-refractivity contribution < 1.29 is 27.2 Å². The van der Waals surface area contributed by atoms with Crippen molar-refractivity contribution in [2.24, 2.45) is 0 Å². The molecule has 39 heavy (non-hydrogen) atoms. The van der Waals surface area contributed by atoms with Gasteiger partial charge in [-0.3, -0.25) is 19.4 Å². The molecule has 2 heterocycles. The quantitative estimate of drug-likeness (QED) is 0.473. The number of likely N-dealkylation sites (N-methyl/N-ethyl adjacent to an activating group) is 1. The average molecular weight is 589 g/mol. The van der Waals surface area contributed by atoms with Crippen molar-refractivity contribution in [2.75, 3.05) is 39.8 Å². The molecule has 12 heteroatoms. The smallest absolute Gasteiger partial charge is 0.352 e. The molecule has 0 saturated carbocycles. The first-order valence-electron chi connectivity index (χ1n) is 12.6. The van der Waals surface area contributed by atoms with E-state index in [-0.39, 0.29) is 42.9 Å². The first kappa shape index (κ1) is 29.6. The van der Waals surface area contributed by atoms with Gasteiger partial charge in [-0.1, -0.05) is 35.3 Å². The maximum absolute atomic E-state index is 14.2. The van der Waals surface area contributed by atoms with Crippen molar-refractivity contribution in [3.05, 3.63) is 69.0 Å². The second-order valence-electron chi connectivity index (χ2n) is 10.3. The summed E-state index contributed by atoms with van der Waals surface area (Å²) >= 11 is 12.4. The lowest BCUT2D eigenvalue weighted by Crippen LogP contribution is -2.42. The van der Waals surface area contributed by atoms with Gasteiger partial charge in [0, 0.05) is 57.6 Å². The Labute approximate surface area is 234 Å². The standard InChI is InChI=1S/C27H30Cl2F4N4O2/c1-16(38)34-19-7-8-36(12-19)15-26(39)37-13-20(18-4-6-22(28)23(29)10-18)25(14-37)35(2)11-17-3-5-21(24(30)9-17)27(31,32)33/h3-6,9-10,19-20,25H,7-8,11-15H2,1-2H3,(H,34,38). The molecular weight excluding hydrogens is 559 g/mol. The molecule has 2 amide bonds. The van der Waals surface area contributed by atoms with Crippen molar-refractivity contribution in [3.8, 4) is 0 Å². The summed E-state index contributed by atoms with van der Waals surface area (Å²) in [5.41, 5.74) is -0.0355. The SMILES string of the molecule is CC(=O)NC1CCN(CC(=O)N2CC(c3ccc(Cl)c(Cl)c3)C(N(C)Cc3ccc(C(F)(F)F)c(F)c3)C2)C1. The molecule has 2 aromatic carbocycles. The van der Waals surface area contributed by atoms with Crippen LogP contribution in [0.3, 0.4) is 0 Å². The minimum absolute atomic E-state index is 0.0147. The van der Waals surface area contributed by atoms with Crippen LogP contribution in [-0.4, -0.2) is 78.4 Å². The van der Waals surface area contributed by atoms with Gasteiger partial charge in [0.15, 0.2) is 0 Å². The van der Waals surface area contributed by atoms with Crippen LogP contribution in [0.5, 0.6) is 0 Å². The van der Waals surface area contributed by atoms with E-state index >= 15 is 0 Å². The molecule has 0 aromatic heterocycles. The Morgan fingerprint density at radius 3 is 2.46 bits per heavy atom. The summed E-state index contributed by atoms with van der Waals surface area (Å²) in [7, 11) is 1.80. The van der Waals surface area contributed by atoms with Gasteiger partial charge in [-0.05, 0) is 48.9 Å². The number of amides is 2. The Hall–Kier alpha value is -2.40. The number of hydrogen-bond acceptors (Lipinski definition) is 4. The van der Waals surface area contributed by atoms with E-state index in [1.807, 2.05) is 15.9 Å². The highest BCUT2D eigenvalue weighted by molar-refractivity contribution is 6.42. The van der Waals surface area contributed by atoms with Crippen LogP contribution in [0.4, 0.5) is 17.6 Å². The molecular formula is C27H30Cl2F4N4O2. The minimum Gasteiger partial charge on any atom is -0.352 e. The predicted molar refractivity (Wildman–Crippen MR) is 141 cm³/mol. The number of nitrogens with one attached hydrogen (secondary N) is 1. The predicted octanol–water partition coefficient (Wildman–Crippen LogP) is 4.79. The third-order valence-corrected chi connectivity index (χ3v) is 8.13. The molecule has 0 aliphatic carbocycles. The van der Waals surface area contributed by atoms with Crippen LogP contribution in [0.15, 0.2) is 36.4 Å². The molecule has 0 spiro atoms. The maximum atomic E-state index is 14.2. The number of benzene rings is 2. The van der Waals surface area contributed by atoms with E-state index in [1.54, 1.807) is 24.1 Å². The van der Waals surface area contributed by atoms with Gasteiger partial charge in [-0.25, -0.2) is 4.39 Å². The zero-order valence-corrected chi connectivity index (χ0v) is 23.1. The molecule has 2 aliphatic rings. The van der Waals surface area contributed by atoms with Gasteiger partial charge in [0.2, 0.25) is 11.8 Å². The normalized spacial score (nSPS) is 22.1. The first-order valence-corrected chi connectivity index (χ1v) is 13.4. The summed E-state index contributed by atoms with van der Waals surface area (Å²) in [5, 5.41) is 3.67. The highest BCUT2D eigenvalue weighted by atomic mass is 35.5. The van der Waals surface area contributed by atoms with Crippen LogP contribution in [0, 0.1) is 5.82 Å². The van der Waals surface area contributed by atoms with E-state index in [2.05, 4.69) is 5.32 Å². The van der Waals surface area contributed by atoms with Gasteiger partial charge in [-0.15, -0.1) is 0 Å². The first-order chi connectivity index (χ1) is 18.3. The van der Waals surface area contributed by atoms with E-state index < -0.39 is 17.6 Å². The lowest BCUT2D eigenvalue weighted by Gasteiger charge is -2.29. The molecule has 3 unspecified atom stereocenters. The van der Waals surface area contributed by atoms with E-state index in [0.717, 1.165) is 24.1 Å². The van der Waals surface area contributed by atoms with Crippen LogP contribution >= 0.6 is 23.2 Å². The van der Waals surface area contributed by atoms with E-state index in [0.29, 0.717) is 41.8 Å². The highest BCUT2D eigenvalue weighted by Gasteiger charge is 2.40. The third-order valence-electron chi connectivity index (χ3n) is 7.39. The highest BCUT2D eigenvalue weighted by Crippen LogP contribution is 2.36. The maximum Gasteiger partial charge on any atom is 0.419 e. The Balaban J connectivity index is 1.50. The largest absolute Gasteiger partial charge is 0.419 e. The number of rotatable bonds is 7. The number of carbonyl (C=O) groups excluding carboxylic acids is 2. The van der Waals surface area contributed by atoms with Crippen molar-refractivity contribution in [2.45, 2.75) is 44.1 Å². The monoisotopic (exact) mass is 588 g/mol. The zero-order valence-electron chi connectivity index (χ0n) is 21.6. The number of nitrogens with zero attached hydrogens (tertiary/aromatic N) is 3. The molecule has 212 valence electrons. The van der Waals surface area contributed by atoms with Crippen molar-refractivity contribution in [3.63, 3.8) is 0 Å². The topological polar surface area (TPSA) is 55.9 Å². The van der Waals surface area contributed by atoms with Gasteiger partial charge >= 0.3 is 6.18 Å². The van der Waals surface area contributed by atoms with Crippen molar-refractivity contribution >= 4 is 35.0 Å². The summed E-state index contributed by atoms with van der Waals surface area (Å²) in [5.74, 6) is -1.63. The Kier molecular flexibility index (Phi) is 9.10. The summed E-state index contributed by atoms with van der Waals surface area (Å²) < 4.78 is 53.2. The minimum atomic E-state index is -4.77. The number of likely N-dealkylation sites (tertiary alicyclic amines) is 2. The fourth-order valence-electron chi connectivity index (χ4n) is 5.47. The van der Waals surface area contributed by atoms with Crippen LogP contribution in [-0.2, 0) is 22.3 Å². The summed E-state index contributed by atoms with van der Waals surface area (Å²) in [6, 6.07) is 8.05. The van der Waals surface area contributed by atoms with Gasteiger partial charge in [0.05, 0.1) is 22.2 Å². The summed E-state index contributed by atoms with van der Waals surface area (Å²) in [6.45, 7) is 3.95. The van der Waals surface area contributed by atoms with Crippen LogP contribution < -0.4 is 5.32 Å². The second-order valence-corrected chi connectivity index (χ2v) is 11.1. The van der Waals surface area contributed by atoms with Crippen LogP contribution in [0.25, 0.3) is 0 Å². The number of halogens is 6. The molecule has 2 aromatic rings. The molecule has 4 rings (SSSR count). The van der Waals surface area contributed by atoms with Gasteiger partial charge in [0.25, 0.3) is 0 Å². The van der Waals surface area contributed by atoms with Gasteiger partial charge < -0.3 is 10.2 Å². The van der Waals surface area contributed by atoms with E-state index in [9.17, 15) is 27.2 Å². The third kappa shape index (κ3) is 7.22. The number of hydrogen-bond donors (Lipinski definition) is 1. The summed E-state index contributed by atoms with van der Waals surface area (Å²) in [6.07, 6.45) is -3.99. The van der Waals surface area contributed by atoms with E-state index in [1.165, 1.54) is 13.0 Å². The van der Waals surface area contributed by atoms with Crippen molar-refractivity contribution in [1.82, 2.24) is 20.0 Å². The zero-order chi connectivity index (χ0) is 28.5.